The van der Waals surface area contributed by atoms with Crippen LogP contribution in [0, 0.1) is 5.92 Å². The Morgan fingerprint density at radius 1 is 1.16 bits per heavy atom. The second-order valence-corrected chi connectivity index (χ2v) is 8.42. The third-order valence-corrected chi connectivity index (χ3v) is 6.07. The molecule has 25 heavy (non-hydrogen) atoms. The summed E-state index contributed by atoms with van der Waals surface area (Å²) in [6.45, 7) is 1.24. The minimum absolute atomic E-state index is 0.0639. The van der Waals surface area contributed by atoms with Gasteiger partial charge in [0.05, 0.1) is 6.61 Å². The normalized spacial score (nSPS) is 20.7. The van der Waals surface area contributed by atoms with Crippen LogP contribution in [0.5, 0.6) is 0 Å². The van der Waals surface area contributed by atoms with E-state index in [0.717, 1.165) is 24.8 Å². The largest absolute Gasteiger partial charge is 0.376 e. The van der Waals surface area contributed by atoms with Gasteiger partial charge in [0, 0.05) is 18.8 Å². The quantitative estimate of drug-likeness (QED) is 0.747. The molecule has 1 aliphatic rings. The molecule has 1 saturated carbocycles. The zero-order chi connectivity index (χ0) is 17.7. The second-order valence-electron chi connectivity index (χ2n) is 6.31. The molecular formula is C18H21ClN2O3S. The number of aromatic nitrogens is 1. The van der Waals surface area contributed by atoms with Gasteiger partial charge in [-0.05, 0) is 42.9 Å². The maximum Gasteiger partial charge on any atom is 0.242 e. The van der Waals surface area contributed by atoms with E-state index in [-0.39, 0.29) is 16.1 Å². The highest BCUT2D eigenvalue weighted by Gasteiger charge is 2.29. The number of nitrogens with one attached hydrogen (secondary N) is 1. The van der Waals surface area contributed by atoms with Gasteiger partial charge in [0.15, 0.2) is 0 Å². The molecule has 1 N–H and O–H groups in total. The van der Waals surface area contributed by atoms with Crippen LogP contribution in [0.2, 0.25) is 5.15 Å². The first-order valence-corrected chi connectivity index (χ1v) is 10.1. The Kier molecular flexibility index (Phi) is 6.06. The zero-order valence-electron chi connectivity index (χ0n) is 13.8. The van der Waals surface area contributed by atoms with Crippen molar-refractivity contribution in [1.82, 2.24) is 9.71 Å². The van der Waals surface area contributed by atoms with Crippen LogP contribution in [-0.4, -0.2) is 26.1 Å². The number of hydrogen-bond donors (Lipinski definition) is 1. The molecule has 0 amide bonds. The summed E-state index contributed by atoms with van der Waals surface area (Å²) in [6, 6.07) is 12.9. The van der Waals surface area contributed by atoms with E-state index in [1.54, 1.807) is 0 Å². The van der Waals surface area contributed by atoms with Crippen LogP contribution in [-0.2, 0) is 21.4 Å². The van der Waals surface area contributed by atoms with Crippen molar-refractivity contribution in [3.05, 3.63) is 59.4 Å². The van der Waals surface area contributed by atoms with Gasteiger partial charge in [-0.25, -0.2) is 18.1 Å². The van der Waals surface area contributed by atoms with Gasteiger partial charge in [-0.3, -0.25) is 0 Å². The lowest BCUT2D eigenvalue weighted by atomic mass is 10.1. The predicted octanol–water partition coefficient (Wildman–Crippen LogP) is 3.40. The van der Waals surface area contributed by atoms with E-state index < -0.39 is 10.0 Å². The van der Waals surface area contributed by atoms with Crippen LogP contribution in [0.4, 0.5) is 0 Å². The molecule has 134 valence electrons. The maximum absolute atomic E-state index is 12.4. The summed E-state index contributed by atoms with van der Waals surface area (Å²) < 4.78 is 33.3. The maximum atomic E-state index is 12.4. The van der Waals surface area contributed by atoms with Crippen molar-refractivity contribution in [2.45, 2.75) is 36.8 Å². The first-order chi connectivity index (χ1) is 12.0. The third-order valence-electron chi connectivity index (χ3n) is 4.34. The summed E-state index contributed by atoms with van der Waals surface area (Å²) in [7, 11) is -3.56. The monoisotopic (exact) mass is 380 g/mol. The van der Waals surface area contributed by atoms with E-state index in [4.69, 9.17) is 16.3 Å². The van der Waals surface area contributed by atoms with Gasteiger partial charge in [0.2, 0.25) is 10.0 Å². The number of rotatable bonds is 7. The number of benzene rings is 1. The van der Waals surface area contributed by atoms with Crippen molar-refractivity contribution in [1.29, 1.82) is 0 Å². The Labute approximate surface area is 153 Å². The number of nitrogens with zero attached hydrogens (tertiary/aromatic N) is 1. The highest BCUT2D eigenvalue weighted by molar-refractivity contribution is 7.89. The first kappa shape index (κ1) is 18.3. The topological polar surface area (TPSA) is 68.3 Å². The van der Waals surface area contributed by atoms with Crippen LogP contribution in [0.1, 0.15) is 24.8 Å². The molecule has 3 rings (SSSR count). The number of halogens is 1. The lowest BCUT2D eigenvalue weighted by Gasteiger charge is -2.14. The van der Waals surface area contributed by atoms with Crippen molar-refractivity contribution in [2.75, 3.05) is 6.61 Å². The van der Waals surface area contributed by atoms with Crippen molar-refractivity contribution in [3.8, 4) is 0 Å². The van der Waals surface area contributed by atoms with E-state index in [9.17, 15) is 8.42 Å². The lowest BCUT2D eigenvalue weighted by molar-refractivity contribution is 0.0883. The van der Waals surface area contributed by atoms with Gasteiger partial charge in [0.1, 0.15) is 10.0 Å². The number of sulfonamides is 1. The molecule has 0 saturated heterocycles. The minimum Gasteiger partial charge on any atom is -0.376 e. The summed E-state index contributed by atoms with van der Waals surface area (Å²) >= 11 is 5.70. The average molecular weight is 381 g/mol. The number of ether oxygens (including phenoxy) is 1. The molecule has 1 aliphatic carbocycles. The van der Waals surface area contributed by atoms with Crippen molar-refractivity contribution >= 4 is 21.6 Å². The molecule has 1 heterocycles. The number of pyridine rings is 1. The molecule has 1 fully saturated rings. The summed E-state index contributed by atoms with van der Waals surface area (Å²) in [4.78, 5) is 3.97. The SMILES string of the molecule is O=S(=O)(N[C@@H]1CC[C@H](COCc2ccccc2)C1)c1ccc(Cl)nc1. The summed E-state index contributed by atoms with van der Waals surface area (Å²) in [6.07, 6.45) is 3.84. The van der Waals surface area contributed by atoms with E-state index in [1.165, 1.54) is 18.3 Å². The Hall–Kier alpha value is -1.47. The molecule has 1 aromatic carbocycles. The van der Waals surface area contributed by atoms with Crippen molar-refractivity contribution < 1.29 is 13.2 Å². The fourth-order valence-corrected chi connectivity index (χ4v) is 4.40. The van der Waals surface area contributed by atoms with E-state index in [0.29, 0.717) is 19.1 Å². The average Bonchev–Trinajstić information content (AvgIpc) is 3.03. The smallest absolute Gasteiger partial charge is 0.242 e. The Balaban J connectivity index is 1.47. The molecule has 0 spiro atoms. The fourth-order valence-electron chi connectivity index (χ4n) is 3.06. The molecule has 0 unspecified atom stereocenters. The minimum atomic E-state index is -3.56. The first-order valence-electron chi connectivity index (χ1n) is 8.28. The van der Waals surface area contributed by atoms with Gasteiger partial charge in [-0.15, -0.1) is 0 Å². The standard InChI is InChI=1S/C18H21ClN2O3S/c19-18-9-8-17(11-20-18)25(22,23)21-16-7-6-15(10-16)13-24-12-14-4-2-1-3-5-14/h1-5,8-9,11,15-16,21H,6-7,10,12-13H2/t15-,16+/m0/s1. The van der Waals surface area contributed by atoms with Crippen LogP contribution < -0.4 is 4.72 Å². The highest BCUT2D eigenvalue weighted by Crippen LogP contribution is 2.27. The summed E-state index contributed by atoms with van der Waals surface area (Å²) in [5.74, 6) is 0.375. The van der Waals surface area contributed by atoms with Crippen molar-refractivity contribution in [3.63, 3.8) is 0 Å². The summed E-state index contributed by atoms with van der Waals surface area (Å²) in [5.41, 5.74) is 1.15. The van der Waals surface area contributed by atoms with Gasteiger partial charge in [-0.1, -0.05) is 41.9 Å². The fraction of sp³-hybridized carbons (Fsp3) is 0.389. The predicted molar refractivity (Wildman–Crippen MR) is 96.8 cm³/mol. The molecule has 7 heteroatoms. The number of hydrogen-bond acceptors (Lipinski definition) is 4. The Morgan fingerprint density at radius 2 is 1.96 bits per heavy atom. The summed E-state index contributed by atoms with van der Waals surface area (Å²) in [5, 5.41) is 0.274. The molecule has 2 atom stereocenters. The van der Waals surface area contributed by atoms with Crippen molar-refractivity contribution in [2.24, 2.45) is 5.92 Å². The molecule has 0 bridgehead atoms. The molecule has 0 radical (unpaired) electrons. The molecule has 0 aliphatic heterocycles. The van der Waals surface area contributed by atoms with Gasteiger partial charge in [-0.2, -0.15) is 0 Å². The van der Waals surface area contributed by atoms with Crippen LogP contribution >= 0.6 is 11.6 Å². The van der Waals surface area contributed by atoms with E-state index >= 15 is 0 Å². The lowest BCUT2D eigenvalue weighted by Crippen LogP contribution is -2.33. The molecule has 1 aromatic heterocycles. The zero-order valence-corrected chi connectivity index (χ0v) is 15.3. The van der Waals surface area contributed by atoms with Gasteiger partial charge in [0.25, 0.3) is 0 Å². The molecule has 5 nitrogen and oxygen atoms in total. The van der Waals surface area contributed by atoms with Gasteiger partial charge < -0.3 is 4.74 Å². The van der Waals surface area contributed by atoms with Crippen LogP contribution in [0.15, 0.2) is 53.6 Å². The Morgan fingerprint density at radius 3 is 2.68 bits per heavy atom. The highest BCUT2D eigenvalue weighted by atomic mass is 35.5. The van der Waals surface area contributed by atoms with Crippen LogP contribution in [0.3, 0.4) is 0 Å². The third kappa shape index (κ3) is 5.25. The van der Waals surface area contributed by atoms with Crippen LogP contribution in [0.25, 0.3) is 0 Å². The molecule has 2 aromatic rings. The Bertz CT molecular complexity index is 782. The van der Waals surface area contributed by atoms with E-state index in [2.05, 4.69) is 9.71 Å². The van der Waals surface area contributed by atoms with E-state index in [1.807, 2.05) is 30.3 Å². The second kappa shape index (κ2) is 8.27. The molecular weight excluding hydrogens is 360 g/mol. The van der Waals surface area contributed by atoms with Gasteiger partial charge >= 0.3 is 0 Å².